The van der Waals surface area contributed by atoms with E-state index < -0.39 is 0 Å². The fourth-order valence-corrected chi connectivity index (χ4v) is 2.73. The molecular weight excluding hydrogens is 319 g/mol. The Hall–Kier alpha value is -1.66. The molecule has 0 aliphatic heterocycles. The molecule has 25 heavy (non-hydrogen) atoms. The SMILES string of the molecule is CN=C(NCC(c1cccc(F)c1)N(C)C)N(C)CCOCC1CC1. The minimum absolute atomic E-state index is 0.0620. The average Bonchev–Trinajstić information content (AvgIpc) is 3.39. The third-order valence-electron chi connectivity index (χ3n) is 4.51. The summed E-state index contributed by atoms with van der Waals surface area (Å²) in [6, 6.07) is 6.82. The van der Waals surface area contributed by atoms with E-state index in [9.17, 15) is 4.39 Å². The number of ether oxygens (including phenoxy) is 1. The molecule has 0 heterocycles. The van der Waals surface area contributed by atoms with Gasteiger partial charge in [-0.05, 0) is 50.6 Å². The smallest absolute Gasteiger partial charge is 0.193 e. The zero-order valence-corrected chi connectivity index (χ0v) is 15.8. The first kappa shape index (κ1) is 19.7. The van der Waals surface area contributed by atoms with Crippen LogP contribution in [0.5, 0.6) is 0 Å². The maximum Gasteiger partial charge on any atom is 0.193 e. The highest BCUT2D eigenvalue weighted by atomic mass is 19.1. The van der Waals surface area contributed by atoms with Crippen molar-refractivity contribution in [1.82, 2.24) is 15.1 Å². The number of hydrogen-bond acceptors (Lipinski definition) is 3. The fourth-order valence-electron chi connectivity index (χ4n) is 2.73. The van der Waals surface area contributed by atoms with Crippen LogP contribution in [0.4, 0.5) is 4.39 Å². The topological polar surface area (TPSA) is 40.1 Å². The van der Waals surface area contributed by atoms with E-state index in [0.29, 0.717) is 13.2 Å². The second-order valence-corrected chi connectivity index (χ2v) is 6.90. The lowest BCUT2D eigenvalue weighted by atomic mass is 10.1. The predicted octanol–water partition coefficient (Wildman–Crippen LogP) is 2.36. The van der Waals surface area contributed by atoms with Crippen molar-refractivity contribution < 1.29 is 9.13 Å². The zero-order valence-electron chi connectivity index (χ0n) is 15.8. The van der Waals surface area contributed by atoms with Gasteiger partial charge in [0.25, 0.3) is 0 Å². The third-order valence-corrected chi connectivity index (χ3v) is 4.51. The van der Waals surface area contributed by atoms with Gasteiger partial charge in [0.1, 0.15) is 5.82 Å². The van der Waals surface area contributed by atoms with E-state index in [1.165, 1.54) is 18.9 Å². The summed E-state index contributed by atoms with van der Waals surface area (Å²) in [5.41, 5.74) is 0.948. The third kappa shape index (κ3) is 6.63. The molecule has 1 aromatic rings. The van der Waals surface area contributed by atoms with Crippen molar-refractivity contribution >= 4 is 5.96 Å². The maximum atomic E-state index is 13.5. The fraction of sp³-hybridized carbons (Fsp3) is 0.632. The summed E-state index contributed by atoms with van der Waals surface area (Å²) in [5.74, 6) is 1.40. The molecule has 1 aliphatic rings. The van der Waals surface area contributed by atoms with Gasteiger partial charge < -0.3 is 19.9 Å². The molecule has 1 fully saturated rings. The molecule has 1 saturated carbocycles. The molecule has 1 aromatic carbocycles. The maximum absolute atomic E-state index is 13.5. The second kappa shape index (κ2) is 9.73. The van der Waals surface area contributed by atoms with E-state index in [-0.39, 0.29) is 11.9 Å². The number of nitrogens with zero attached hydrogens (tertiary/aromatic N) is 3. The Morgan fingerprint density at radius 3 is 2.72 bits per heavy atom. The van der Waals surface area contributed by atoms with Crippen LogP contribution in [0.2, 0.25) is 0 Å². The number of nitrogens with one attached hydrogen (secondary N) is 1. The van der Waals surface area contributed by atoms with E-state index >= 15 is 0 Å². The van der Waals surface area contributed by atoms with Crippen molar-refractivity contribution in [2.75, 3.05) is 54.5 Å². The normalized spacial score (nSPS) is 16.2. The first-order valence-electron chi connectivity index (χ1n) is 8.92. The lowest BCUT2D eigenvalue weighted by molar-refractivity contribution is 0.115. The van der Waals surface area contributed by atoms with Crippen LogP contribution in [0.3, 0.4) is 0 Å². The van der Waals surface area contributed by atoms with Crippen LogP contribution in [0, 0.1) is 11.7 Å². The van der Waals surface area contributed by atoms with Crippen LogP contribution in [0.1, 0.15) is 24.4 Å². The number of hydrogen-bond donors (Lipinski definition) is 1. The van der Waals surface area contributed by atoms with Crippen LogP contribution in [-0.2, 0) is 4.74 Å². The van der Waals surface area contributed by atoms with Gasteiger partial charge in [-0.3, -0.25) is 4.99 Å². The van der Waals surface area contributed by atoms with Gasteiger partial charge in [-0.25, -0.2) is 4.39 Å². The van der Waals surface area contributed by atoms with Gasteiger partial charge in [0.05, 0.1) is 12.6 Å². The van der Waals surface area contributed by atoms with Crippen LogP contribution in [-0.4, -0.2) is 70.3 Å². The van der Waals surface area contributed by atoms with E-state index in [4.69, 9.17) is 4.74 Å². The first-order valence-corrected chi connectivity index (χ1v) is 8.92. The summed E-state index contributed by atoms with van der Waals surface area (Å²) in [5, 5.41) is 3.39. The first-order chi connectivity index (χ1) is 12.0. The summed E-state index contributed by atoms with van der Waals surface area (Å²) < 4.78 is 19.2. The van der Waals surface area contributed by atoms with Crippen molar-refractivity contribution in [2.45, 2.75) is 18.9 Å². The van der Waals surface area contributed by atoms with E-state index in [1.54, 1.807) is 19.2 Å². The zero-order chi connectivity index (χ0) is 18.2. The van der Waals surface area contributed by atoms with E-state index in [1.807, 2.05) is 27.2 Å². The molecule has 0 radical (unpaired) electrons. The molecule has 1 unspecified atom stereocenters. The minimum atomic E-state index is -0.210. The summed E-state index contributed by atoms with van der Waals surface area (Å²) >= 11 is 0. The molecule has 140 valence electrons. The van der Waals surface area contributed by atoms with Gasteiger partial charge in [0.15, 0.2) is 5.96 Å². The highest BCUT2D eigenvalue weighted by Crippen LogP contribution is 2.28. The number of likely N-dealkylation sites (N-methyl/N-ethyl adjacent to an activating group) is 2. The standard InChI is InChI=1S/C19H31FN4O/c1-21-19(24(4)10-11-25-14-15-8-9-15)22-13-18(23(2)3)16-6-5-7-17(20)12-16/h5-7,12,15,18H,8-11,13-14H2,1-4H3,(H,21,22). The monoisotopic (exact) mass is 350 g/mol. The molecule has 0 aromatic heterocycles. The molecule has 1 atom stereocenters. The molecule has 0 amide bonds. The summed E-state index contributed by atoms with van der Waals surface area (Å²) in [4.78, 5) is 8.48. The minimum Gasteiger partial charge on any atom is -0.379 e. The number of benzene rings is 1. The molecule has 0 spiro atoms. The van der Waals surface area contributed by atoms with Gasteiger partial charge in [-0.15, -0.1) is 0 Å². The van der Waals surface area contributed by atoms with Crippen LogP contribution >= 0.6 is 0 Å². The van der Waals surface area contributed by atoms with Gasteiger partial charge in [-0.2, -0.15) is 0 Å². The van der Waals surface area contributed by atoms with Gasteiger partial charge >= 0.3 is 0 Å². The van der Waals surface area contributed by atoms with Crippen molar-refractivity contribution in [3.8, 4) is 0 Å². The Bertz CT molecular complexity index is 560. The predicted molar refractivity (Wildman–Crippen MR) is 100 cm³/mol. The van der Waals surface area contributed by atoms with Crippen LogP contribution in [0.15, 0.2) is 29.3 Å². The average molecular weight is 350 g/mol. The molecule has 0 saturated heterocycles. The van der Waals surface area contributed by atoms with Gasteiger partial charge in [0, 0.05) is 33.8 Å². The molecule has 0 bridgehead atoms. The Labute approximate surface area is 150 Å². The lowest BCUT2D eigenvalue weighted by Crippen LogP contribution is -2.43. The number of halogens is 1. The second-order valence-electron chi connectivity index (χ2n) is 6.90. The highest BCUT2D eigenvalue weighted by molar-refractivity contribution is 5.79. The van der Waals surface area contributed by atoms with Crippen LogP contribution < -0.4 is 5.32 Å². The van der Waals surface area contributed by atoms with Crippen molar-refractivity contribution in [3.05, 3.63) is 35.6 Å². The molecular formula is C19H31FN4O. The molecule has 2 rings (SSSR count). The van der Waals surface area contributed by atoms with Crippen molar-refractivity contribution in [2.24, 2.45) is 10.9 Å². The Balaban J connectivity index is 1.83. The quantitative estimate of drug-likeness (QED) is 0.422. The molecule has 1 aliphatic carbocycles. The summed E-state index contributed by atoms with van der Waals surface area (Å²) in [6.07, 6.45) is 2.62. The summed E-state index contributed by atoms with van der Waals surface area (Å²) in [6.45, 7) is 3.02. The number of rotatable bonds is 9. The van der Waals surface area contributed by atoms with Gasteiger partial charge in [0.2, 0.25) is 0 Å². The highest BCUT2D eigenvalue weighted by Gasteiger charge is 2.21. The summed E-state index contributed by atoms with van der Waals surface area (Å²) in [7, 11) is 7.77. The largest absolute Gasteiger partial charge is 0.379 e. The van der Waals surface area contributed by atoms with Crippen molar-refractivity contribution in [1.29, 1.82) is 0 Å². The number of aliphatic imine (C=N–C) groups is 1. The number of guanidine groups is 1. The molecule has 5 nitrogen and oxygen atoms in total. The molecule has 1 N–H and O–H groups in total. The Morgan fingerprint density at radius 1 is 1.36 bits per heavy atom. The van der Waals surface area contributed by atoms with Crippen molar-refractivity contribution in [3.63, 3.8) is 0 Å². The Kier molecular flexibility index (Phi) is 7.65. The van der Waals surface area contributed by atoms with Gasteiger partial charge in [-0.1, -0.05) is 12.1 Å². The lowest BCUT2D eigenvalue weighted by Gasteiger charge is -2.28. The molecule has 6 heteroatoms. The Morgan fingerprint density at radius 2 is 2.12 bits per heavy atom. The van der Waals surface area contributed by atoms with E-state index in [0.717, 1.165) is 30.6 Å². The van der Waals surface area contributed by atoms with Crippen LogP contribution in [0.25, 0.3) is 0 Å². The van der Waals surface area contributed by atoms with E-state index in [2.05, 4.69) is 20.1 Å².